The number of imidazole rings is 1. The Hall–Kier alpha value is -1.99. The molecule has 0 saturated heterocycles. The molecule has 3 aromatic rings. The highest BCUT2D eigenvalue weighted by atomic mass is 35.5. The molecule has 3 N–H and O–H groups in total. The third-order valence-corrected chi connectivity index (χ3v) is 6.88. The zero-order valence-electron chi connectivity index (χ0n) is 17.9. The summed E-state index contributed by atoms with van der Waals surface area (Å²) in [6.45, 7) is 3.63. The van der Waals surface area contributed by atoms with Crippen molar-refractivity contribution < 1.29 is 9.53 Å². The number of primary amides is 1. The minimum Gasteiger partial charge on any atom is -0.382 e. The van der Waals surface area contributed by atoms with Gasteiger partial charge in [-0.15, -0.1) is 0 Å². The van der Waals surface area contributed by atoms with E-state index in [1.165, 1.54) is 0 Å². The van der Waals surface area contributed by atoms with Gasteiger partial charge < -0.3 is 20.4 Å². The van der Waals surface area contributed by atoms with Gasteiger partial charge in [-0.1, -0.05) is 40.9 Å². The summed E-state index contributed by atoms with van der Waals surface area (Å²) in [7, 11) is 1.66. The first kappa shape index (κ1) is 23.2. The molecular weight excluding hydrogens is 471 g/mol. The van der Waals surface area contributed by atoms with E-state index in [4.69, 9.17) is 50.3 Å². The van der Waals surface area contributed by atoms with Crippen LogP contribution < -0.4 is 11.1 Å². The highest BCUT2D eigenvalue weighted by molar-refractivity contribution is 6.40. The lowest BCUT2D eigenvalue weighted by molar-refractivity contribution is -0.118. The number of aromatic nitrogens is 2. The van der Waals surface area contributed by atoms with Crippen LogP contribution in [0.1, 0.15) is 37.7 Å². The van der Waals surface area contributed by atoms with Crippen LogP contribution in [-0.4, -0.2) is 35.2 Å². The molecule has 32 heavy (non-hydrogen) atoms. The van der Waals surface area contributed by atoms with E-state index in [-0.39, 0.29) is 24.3 Å². The molecule has 1 aromatic heterocycles. The molecule has 0 spiro atoms. The lowest BCUT2D eigenvalue weighted by atomic mass is 9.87. The number of anilines is 1. The number of hydrogen-bond donors (Lipinski definition) is 2. The SMILES string of the molecule is COC(C)CC(CC(N)=O)c1cc(-c2ccc(Cl)cc2Cl)c(Cl)c2nc3n(c12)CCCN3. The molecule has 1 aliphatic heterocycles. The predicted octanol–water partition coefficient (Wildman–Crippen LogP) is 5.86. The van der Waals surface area contributed by atoms with Gasteiger partial charge in [0.1, 0.15) is 5.52 Å². The smallest absolute Gasteiger partial charge is 0.218 e. The van der Waals surface area contributed by atoms with Gasteiger partial charge in [0, 0.05) is 47.8 Å². The number of nitrogens with one attached hydrogen (secondary N) is 1. The first-order chi connectivity index (χ1) is 15.3. The van der Waals surface area contributed by atoms with Crippen LogP contribution in [0.15, 0.2) is 24.3 Å². The lowest BCUT2D eigenvalue weighted by Gasteiger charge is -2.24. The Morgan fingerprint density at radius 1 is 1.28 bits per heavy atom. The maximum Gasteiger partial charge on any atom is 0.218 e. The van der Waals surface area contributed by atoms with Gasteiger partial charge >= 0.3 is 0 Å². The van der Waals surface area contributed by atoms with Crippen LogP contribution in [0.4, 0.5) is 5.95 Å². The molecule has 2 atom stereocenters. The van der Waals surface area contributed by atoms with Crippen LogP contribution in [0.3, 0.4) is 0 Å². The first-order valence-corrected chi connectivity index (χ1v) is 11.7. The summed E-state index contributed by atoms with van der Waals surface area (Å²) >= 11 is 19.6. The molecule has 2 aromatic carbocycles. The van der Waals surface area contributed by atoms with Crippen LogP contribution in [-0.2, 0) is 16.1 Å². The summed E-state index contributed by atoms with van der Waals surface area (Å²) in [5.74, 6) is 0.227. The summed E-state index contributed by atoms with van der Waals surface area (Å²) < 4.78 is 7.65. The molecule has 1 aliphatic rings. The van der Waals surface area contributed by atoms with Gasteiger partial charge in [-0.3, -0.25) is 4.79 Å². The monoisotopic (exact) mass is 494 g/mol. The molecule has 2 unspecified atom stereocenters. The normalized spacial score (nSPS) is 15.3. The second kappa shape index (κ2) is 9.48. The Morgan fingerprint density at radius 3 is 2.75 bits per heavy atom. The number of nitrogens with zero attached hydrogens (tertiary/aromatic N) is 2. The van der Waals surface area contributed by atoms with Crippen molar-refractivity contribution in [2.24, 2.45) is 5.73 Å². The van der Waals surface area contributed by atoms with Crippen molar-refractivity contribution in [2.75, 3.05) is 19.0 Å². The Labute approximate surface area is 202 Å². The highest BCUT2D eigenvalue weighted by Crippen LogP contribution is 2.44. The molecule has 0 radical (unpaired) electrons. The summed E-state index contributed by atoms with van der Waals surface area (Å²) in [6.07, 6.45) is 1.72. The van der Waals surface area contributed by atoms with Gasteiger partial charge in [-0.05, 0) is 49.4 Å². The molecule has 0 fully saturated rings. The number of rotatable bonds is 7. The van der Waals surface area contributed by atoms with Crippen molar-refractivity contribution in [1.29, 1.82) is 0 Å². The van der Waals surface area contributed by atoms with Crippen molar-refractivity contribution in [3.05, 3.63) is 44.9 Å². The fourth-order valence-corrected chi connectivity index (χ4v) is 5.18. The van der Waals surface area contributed by atoms with Crippen molar-refractivity contribution in [3.8, 4) is 11.1 Å². The number of methoxy groups -OCH3 is 1. The Morgan fingerprint density at radius 2 is 2.06 bits per heavy atom. The Balaban J connectivity index is 2.01. The van der Waals surface area contributed by atoms with E-state index in [0.29, 0.717) is 27.0 Å². The molecule has 1 amide bonds. The molecular formula is C23H25Cl3N4O2. The van der Waals surface area contributed by atoms with Crippen LogP contribution in [0.25, 0.3) is 22.2 Å². The Bertz CT molecular complexity index is 1180. The van der Waals surface area contributed by atoms with E-state index in [1.807, 2.05) is 19.1 Å². The van der Waals surface area contributed by atoms with Crippen LogP contribution in [0, 0.1) is 0 Å². The van der Waals surface area contributed by atoms with Crippen LogP contribution >= 0.6 is 34.8 Å². The van der Waals surface area contributed by atoms with E-state index in [0.717, 1.165) is 47.7 Å². The van der Waals surface area contributed by atoms with E-state index in [2.05, 4.69) is 9.88 Å². The number of aryl methyl sites for hydroxylation is 1. The summed E-state index contributed by atoms with van der Waals surface area (Å²) in [5.41, 5.74) is 9.69. The third kappa shape index (κ3) is 4.42. The number of nitrogens with two attached hydrogens (primary N) is 1. The van der Waals surface area contributed by atoms with E-state index in [9.17, 15) is 4.79 Å². The van der Waals surface area contributed by atoms with Crippen molar-refractivity contribution in [3.63, 3.8) is 0 Å². The van der Waals surface area contributed by atoms with Crippen molar-refractivity contribution in [1.82, 2.24) is 9.55 Å². The van der Waals surface area contributed by atoms with Gasteiger partial charge in [-0.25, -0.2) is 4.98 Å². The quantitative estimate of drug-likeness (QED) is 0.430. The fraction of sp³-hybridized carbons (Fsp3) is 0.391. The topological polar surface area (TPSA) is 82.2 Å². The highest BCUT2D eigenvalue weighted by Gasteiger charge is 2.28. The first-order valence-electron chi connectivity index (χ1n) is 10.5. The minimum atomic E-state index is -0.371. The lowest BCUT2D eigenvalue weighted by Crippen LogP contribution is -2.21. The number of ether oxygens (including phenoxy) is 1. The fourth-order valence-electron chi connectivity index (χ4n) is 4.38. The van der Waals surface area contributed by atoms with Gasteiger partial charge in [0.25, 0.3) is 0 Å². The van der Waals surface area contributed by atoms with Gasteiger partial charge in [0.2, 0.25) is 11.9 Å². The second-order valence-corrected chi connectivity index (χ2v) is 9.39. The summed E-state index contributed by atoms with van der Waals surface area (Å²) in [6, 6.07) is 7.32. The molecule has 0 saturated carbocycles. The van der Waals surface area contributed by atoms with Crippen molar-refractivity contribution in [2.45, 2.75) is 44.8 Å². The average molecular weight is 496 g/mol. The molecule has 0 bridgehead atoms. The number of fused-ring (bicyclic) bond motifs is 3. The van der Waals surface area contributed by atoms with Crippen LogP contribution in [0.5, 0.6) is 0 Å². The third-order valence-electron chi connectivity index (χ3n) is 5.95. The number of halogens is 3. The zero-order chi connectivity index (χ0) is 23.0. The molecule has 0 aliphatic carbocycles. The molecule has 2 heterocycles. The summed E-state index contributed by atoms with van der Waals surface area (Å²) in [5, 5.41) is 4.89. The van der Waals surface area contributed by atoms with Gasteiger partial charge in [0.15, 0.2) is 0 Å². The number of hydrogen-bond acceptors (Lipinski definition) is 4. The Kier molecular flexibility index (Phi) is 6.86. The standard InChI is InChI=1S/C23H25Cl3N4O2/c1-12(32-2)8-13(9-19(27)31)16-11-17(15-5-4-14(24)10-18(15)25)20(26)21-22(16)30-7-3-6-28-23(30)29-21/h4-5,10-13H,3,6-9H2,1-2H3,(H2,27,31)(H,28,29). The molecule has 4 rings (SSSR count). The molecule has 170 valence electrons. The molecule has 9 heteroatoms. The average Bonchev–Trinajstić information content (AvgIpc) is 3.14. The summed E-state index contributed by atoms with van der Waals surface area (Å²) in [4.78, 5) is 16.8. The number of amides is 1. The predicted molar refractivity (Wildman–Crippen MR) is 131 cm³/mol. The van der Waals surface area contributed by atoms with Crippen molar-refractivity contribution >= 4 is 57.7 Å². The minimum absolute atomic E-state index is 0.0606. The van der Waals surface area contributed by atoms with E-state index >= 15 is 0 Å². The van der Waals surface area contributed by atoms with Crippen LogP contribution in [0.2, 0.25) is 15.1 Å². The number of benzene rings is 2. The number of carbonyl (C=O) groups excluding carboxylic acids is 1. The van der Waals surface area contributed by atoms with E-state index in [1.54, 1.807) is 19.2 Å². The van der Waals surface area contributed by atoms with E-state index < -0.39 is 0 Å². The zero-order valence-corrected chi connectivity index (χ0v) is 20.2. The van der Waals surface area contributed by atoms with Gasteiger partial charge in [0.05, 0.1) is 16.6 Å². The molecule has 6 nitrogen and oxygen atoms in total. The second-order valence-electron chi connectivity index (χ2n) is 8.17. The number of carbonyl (C=O) groups is 1. The largest absolute Gasteiger partial charge is 0.382 e. The van der Waals surface area contributed by atoms with Gasteiger partial charge in [-0.2, -0.15) is 0 Å². The maximum absolute atomic E-state index is 12.0. The maximum atomic E-state index is 12.0.